The van der Waals surface area contributed by atoms with Gasteiger partial charge in [0.25, 0.3) is 0 Å². The lowest BCUT2D eigenvalue weighted by Crippen LogP contribution is -2.74. The summed E-state index contributed by atoms with van der Waals surface area (Å²) < 4.78 is 12.9. The second-order valence-corrected chi connectivity index (χ2v) is 21.8. The van der Waals surface area contributed by atoms with Gasteiger partial charge >= 0.3 is 0 Å². The molecular formula is C66H45NO2Si. The molecule has 13 aromatic rings. The zero-order valence-electron chi connectivity index (χ0n) is 38.2. The highest BCUT2D eigenvalue weighted by Gasteiger charge is 2.41. The molecule has 2 heterocycles. The highest BCUT2D eigenvalue weighted by molar-refractivity contribution is 7.19. The van der Waals surface area contributed by atoms with E-state index >= 15 is 0 Å². The van der Waals surface area contributed by atoms with Crippen LogP contribution in [-0.2, 0) is 0 Å². The minimum atomic E-state index is -2.64. The van der Waals surface area contributed by atoms with Gasteiger partial charge in [-0.1, -0.05) is 224 Å². The van der Waals surface area contributed by atoms with E-state index in [2.05, 4.69) is 254 Å². The summed E-state index contributed by atoms with van der Waals surface area (Å²) in [6, 6.07) is 98.7. The van der Waals surface area contributed by atoms with Crippen molar-refractivity contribution in [1.29, 1.82) is 0 Å². The van der Waals surface area contributed by atoms with Gasteiger partial charge in [-0.2, -0.15) is 0 Å². The third kappa shape index (κ3) is 6.96. The zero-order chi connectivity index (χ0) is 46.4. The van der Waals surface area contributed by atoms with E-state index in [1.807, 2.05) is 24.3 Å². The molecule has 0 amide bonds. The molecule has 11 aromatic carbocycles. The van der Waals surface area contributed by atoms with Crippen LogP contribution in [0, 0.1) is 0 Å². The number of fused-ring (bicyclic) bond motifs is 6. The number of benzene rings is 11. The van der Waals surface area contributed by atoms with Gasteiger partial charge in [0.2, 0.25) is 0 Å². The van der Waals surface area contributed by atoms with Crippen molar-refractivity contribution in [2.45, 2.75) is 0 Å². The van der Waals surface area contributed by atoms with Gasteiger partial charge in [-0.15, -0.1) is 0 Å². The van der Waals surface area contributed by atoms with E-state index in [4.69, 9.17) is 8.83 Å². The predicted molar refractivity (Wildman–Crippen MR) is 296 cm³/mol. The van der Waals surface area contributed by atoms with Crippen LogP contribution in [0.3, 0.4) is 0 Å². The molecular weight excluding hydrogens is 867 g/mol. The molecule has 0 radical (unpaired) electrons. The van der Waals surface area contributed by atoms with Crippen LogP contribution in [0.2, 0.25) is 0 Å². The summed E-state index contributed by atoms with van der Waals surface area (Å²) in [5.74, 6) is 0. The molecule has 0 aliphatic heterocycles. The predicted octanol–water partition coefficient (Wildman–Crippen LogP) is 15.3. The molecule has 0 saturated heterocycles. The molecule has 0 aliphatic carbocycles. The van der Waals surface area contributed by atoms with Crippen molar-refractivity contribution in [2.24, 2.45) is 0 Å². The standard InChI is InChI=1S/C66H45NO2Si/c1-4-16-53(17-5-1)70(54-18-6-2-7-19-54,55-20-8-3-9-21-55)56-44-36-47(37-45-56)46-30-38-50(39-31-46)67(51-40-32-48(33-41-51)57-24-14-26-61-59-22-10-12-28-63(59)68-65(57)61)52-42-34-49(35-43-52)58-25-15-27-62-60-23-11-13-29-64(60)69-66(58)62/h1-45H. The SMILES string of the molecule is c1ccc([Si](c2ccccc2)(c2ccccc2)c2ccc(-c3ccc(N(c4ccc(-c5cccc6c5oc5ccccc56)cc4)c4ccc(-c5cccc6c5oc5ccccc56)cc4)cc3)cc2)cc1. The Balaban J connectivity index is 0.881. The summed E-state index contributed by atoms with van der Waals surface area (Å²) in [4.78, 5) is 2.34. The van der Waals surface area contributed by atoms with E-state index in [9.17, 15) is 0 Å². The van der Waals surface area contributed by atoms with Gasteiger partial charge in [-0.05, 0) is 91.5 Å². The van der Waals surface area contributed by atoms with E-state index in [0.29, 0.717) is 0 Å². The lowest BCUT2D eigenvalue weighted by molar-refractivity contribution is 0.669. The Bertz CT molecular complexity index is 3700. The highest BCUT2D eigenvalue weighted by atomic mass is 28.3. The first-order chi connectivity index (χ1) is 34.7. The van der Waals surface area contributed by atoms with E-state index in [-0.39, 0.29) is 0 Å². The maximum atomic E-state index is 6.46. The summed E-state index contributed by atoms with van der Waals surface area (Å²) in [5, 5.41) is 9.94. The minimum absolute atomic E-state index is 0.897. The van der Waals surface area contributed by atoms with Crippen LogP contribution in [0.5, 0.6) is 0 Å². The monoisotopic (exact) mass is 911 g/mol. The van der Waals surface area contributed by atoms with Crippen LogP contribution in [0.15, 0.2) is 282 Å². The Morgan fingerprint density at radius 2 is 0.557 bits per heavy atom. The van der Waals surface area contributed by atoms with E-state index < -0.39 is 8.07 Å². The maximum absolute atomic E-state index is 6.46. The minimum Gasteiger partial charge on any atom is -0.455 e. The molecule has 70 heavy (non-hydrogen) atoms. The van der Waals surface area contributed by atoms with Gasteiger partial charge in [0.15, 0.2) is 8.07 Å². The summed E-state index contributed by atoms with van der Waals surface area (Å²) in [5.41, 5.74) is 13.4. The molecule has 0 unspecified atom stereocenters. The number of anilines is 3. The van der Waals surface area contributed by atoms with Crippen LogP contribution >= 0.6 is 0 Å². The van der Waals surface area contributed by atoms with E-state index in [1.165, 1.54) is 26.3 Å². The average molecular weight is 912 g/mol. The third-order valence-corrected chi connectivity index (χ3v) is 18.9. The Morgan fingerprint density at radius 1 is 0.243 bits per heavy atom. The molecule has 0 fully saturated rings. The van der Waals surface area contributed by atoms with Crippen molar-refractivity contribution in [3.8, 4) is 33.4 Å². The molecule has 0 aliphatic rings. The van der Waals surface area contributed by atoms with Gasteiger partial charge in [0, 0.05) is 49.7 Å². The van der Waals surface area contributed by atoms with Crippen LogP contribution in [0.1, 0.15) is 0 Å². The molecule has 0 spiro atoms. The first kappa shape index (κ1) is 41.2. The van der Waals surface area contributed by atoms with Crippen molar-refractivity contribution >= 4 is 89.8 Å². The fourth-order valence-electron chi connectivity index (χ4n) is 10.8. The number of hydrogen-bond acceptors (Lipinski definition) is 3. The van der Waals surface area contributed by atoms with E-state index in [0.717, 1.165) is 88.8 Å². The first-order valence-corrected chi connectivity index (χ1v) is 25.9. The zero-order valence-corrected chi connectivity index (χ0v) is 39.2. The Labute approximate surface area is 407 Å². The van der Waals surface area contributed by atoms with Crippen LogP contribution < -0.4 is 25.6 Å². The molecule has 0 atom stereocenters. The topological polar surface area (TPSA) is 29.5 Å². The second-order valence-electron chi connectivity index (χ2n) is 18.0. The fraction of sp³-hybridized carbons (Fsp3) is 0. The second kappa shape index (κ2) is 17.3. The quantitative estimate of drug-likeness (QED) is 0.101. The maximum Gasteiger partial charge on any atom is 0.179 e. The number of furan rings is 2. The smallest absolute Gasteiger partial charge is 0.179 e. The number of hydrogen-bond donors (Lipinski definition) is 0. The van der Waals surface area contributed by atoms with Gasteiger partial charge in [-0.25, -0.2) is 0 Å². The summed E-state index contributed by atoms with van der Waals surface area (Å²) in [7, 11) is -2.64. The fourth-order valence-corrected chi connectivity index (χ4v) is 15.5. The molecule has 0 N–H and O–H groups in total. The van der Waals surface area contributed by atoms with Crippen molar-refractivity contribution < 1.29 is 8.83 Å². The van der Waals surface area contributed by atoms with Crippen LogP contribution in [0.25, 0.3) is 77.3 Å². The Hall–Kier alpha value is -8.96. The molecule has 330 valence electrons. The Morgan fingerprint density at radius 3 is 0.957 bits per heavy atom. The van der Waals surface area contributed by atoms with Crippen molar-refractivity contribution in [3.05, 3.63) is 273 Å². The van der Waals surface area contributed by atoms with Crippen molar-refractivity contribution in [2.75, 3.05) is 4.90 Å². The van der Waals surface area contributed by atoms with Gasteiger partial charge in [0.1, 0.15) is 22.3 Å². The summed E-state index contributed by atoms with van der Waals surface area (Å²) in [6.07, 6.45) is 0. The largest absolute Gasteiger partial charge is 0.455 e. The Kier molecular flexibility index (Phi) is 10.2. The van der Waals surface area contributed by atoms with E-state index in [1.54, 1.807) is 0 Å². The summed E-state index contributed by atoms with van der Waals surface area (Å²) >= 11 is 0. The first-order valence-electron chi connectivity index (χ1n) is 23.9. The molecule has 4 heteroatoms. The lowest BCUT2D eigenvalue weighted by atomic mass is 10.0. The van der Waals surface area contributed by atoms with Crippen LogP contribution in [-0.4, -0.2) is 8.07 Å². The third-order valence-electron chi connectivity index (χ3n) is 14.1. The molecule has 0 saturated carbocycles. The normalized spacial score (nSPS) is 11.7. The lowest BCUT2D eigenvalue weighted by Gasteiger charge is -2.34. The number of para-hydroxylation sites is 4. The number of nitrogens with zero attached hydrogens (tertiary/aromatic N) is 1. The van der Waals surface area contributed by atoms with Gasteiger partial charge in [0.05, 0.1) is 0 Å². The van der Waals surface area contributed by atoms with Gasteiger partial charge in [-0.3, -0.25) is 0 Å². The van der Waals surface area contributed by atoms with Crippen molar-refractivity contribution in [3.63, 3.8) is 0 Å². The molecule has 3 nitrogen and oxygen atoms in total. The summed E-state index contributed by atoms with van der Waals surface area (Å²) in [6.45, 7) is 0. The molecule has 13 rings (SSSR count). The van der Waals surface area contributed by atoms with Crippen LogP contribution in [0.4, 0.5) is 17.1 Å². The number of rotatable bonds is 10. The average Bonchev–Trinajstić information content (AvgIpc) is 4.02. The highest BCUT2D eigenvalue weighted by Crippen LogP contribution is 2.41. The molecule has 2 aromatic heterocycles. The molecule has 0 bridgehead atoms. The van der Waals surface area contributed by atoms with Gasteiger partial charge < -0.3 is 13.7 Å². The van der Waals surface area contributed by atoms with Crippen molar-refractivity contribution in [1.82, 2.24) is 0 Å².